The summed E-state index contributed by atoms with van der Waals surface area (Å²) < 4.78 is 22.3. The Morgan fingerprint density at radius 1 is 0.196 bits per heavy atom. The van der Waals surface area contributed by atoms with Gasteiger partial charge in [0.05, 0.1) is 0 Å². The van der Waals surface area contributed by atoms with Crippen LogP contribution in [-0.4, -0.2) is 17.7 Å². The second-order valence-corrected chi connectivity index (χ2v) is 10.9. The van der Waals surface area contributed by atoms with Gasteiger partial charge in [0.25, 0.3) is 0 Å². The van der Waals surface area contributed by atoms with Crippen molar-refractivity contribution in [2.24, 2.45) is 0 Å². The van der Waals surface area contributed by atoms with Crippen molar-refractivity contribution in [3.8, 4) is 46.0 Å². The molecule has 0 spiro atoms. The molecule has 0 unspecified atom stereocenters. The first-order valence-electron chi connectivity index (χ1n) is 17.2. The lowest BCUT2D eigenvalue weighted by Crippen LogP contribution is -1.81. The third kappa shape index (κ3) is 18.3. The summed E-state index contributed by atoms with van der Waals surface area (Å²) in [6.07, 6.45) is 0. The number of hydrogen-bond donors (Lipinski definition) is 0. The van der Waals surface area contributed by atoms with Crippen molar-refractivity contribution < 1.29 is 34.7 Å². The van der Waals surface area contributed by atoms with Crippen LogP contribution in [0.25, 0.3) is 0 Å². The molecule has 0 heterocycles. The van der Waals surface area contributed by atoms with E-state index in [-0.39, 0.29) is 11.0 Å². The van der Waals surface area contributed by atoms with Gasteiger partial charge in [-0.3, -0.25) is 0 Å². The number of benzene rings is 8. The molecule has 0 saturated heterocycles. The molecule has 0 aliphatic rings. The van der Waals surface area contributed by atoms with Crippen molar-refractivity contribution in [3.05, 3.63) is 243 Å². The quantitative estimate of drug-likeness (QED) is 0.153. The van der Waals surface area contributed by atoms with E-state index in [2.05, 4.69) is 0 Å². The van der Waals surface area contributed by atoms with Gasteiger partial charge in [-0.1, -0.05) is 146 Å². The van der Waals surface area contributed by atoms with E-state index in [0.717, 1.165) is 46.0 Å². The Morgan fingerprint density at radius 3 is 0.375 bits per heavy atom. The van der Waals surface area contributed by atoms with Crippen molar-refractivity contribution in [1.29, 1.82) is 0 Å². The molecular formula is C49H46O7. The first kappa shape index (κ1) is 44.7. The molecule has 0 fully saturated rings. The van der Waals surface area contributed by atoms with Gasteiger partial charge in [-0.15, -0.1) is 0 Å². The van der Waals surface area contributed by atoms with Gasteiger partial charge in [0.15, 0.2) is 0 Å². The van der Waals surface area contributed by atoms with E-state index in [9.17, 15) is 0 Å². The molecule has 0 atom stereocenters. The molecule has 8 aromatic rings. The number of hydrogen-bond acceptors (Lipinski definition) is 5. The van der Waals surface area contributed by atoms with Crippen LogP contribution in [0.4, 0.5) is 0 Å². The Kier molecular flexibility index (Phi) is 22.4. The van der Waals surface area contributed by atoms with Gasteiger partial charge in [0, 0.05) is 0 Å². The highest BCUT2D eigenvalue weighted by atomic mass is 16.5. The van der Waals surface area contributed by atoms with E-state index < -0.39 is 0 Å². The Hall–Kier alpha value is -7.45. The van der Waals surface area contributed by atoms with E-state index in [4.69, 9.17) is 23.7 Å². The minimum atomic E-state index is 0. The number of ether oxygens (including phenoxy) is 4. The van der Waals surface area contributed by atoms with Gasteiger partial charge in [-0.2, -0.15) is 0 Å². The minimum absolute atomic E-state index is 0. The molecule has 8 aromatic carbocycles. The lowest BCUT2D eigenvalue weighted by molar-refractivity contribution is -0.0980. The Labute approximate surface area is 329 Å². The molecule has 0 aliphatic carbocycles. The zero-order chi connectivity index (χ0) is 37.7. The first-order valence-corrected chi connectivity index (χ1v) is 17.2. The third-order valence-electron chi connectivity index (χ3n) is 6.89. The molecule has 0 bridgehead atoms. The summed E-state index contributed by atoms with van der Waals surface area (Å²) in [7, 11) is 0. The molecular weight excluding hydrogens is 701 g/mol. The Balaban J connectivity index is 0.000000251. The van der Waals surface area contributed by atoms with Crippen molar-refractivity contribution in [1.82, 2.24) is 0 Å². The van der Waals surface area contributed by atoms with Crippen LogP contribution >= 0.6 is 0 Å². The van der Waals surface area contributed by atoms with Crippen LogP contribution in [0, 0.1) is 0 Å². The number of rotatable bonds is 8. The molecule has 7 nitrogen and oxygen atoms in total. The van der Waals surface area contributed by atoms with Gasteiger partial charge < -0.3 is 34.7 Å². The van der Waals surface area contributed by atoms with Crippen LogP contribution in [-0.2, 0) is 4.79 Å². The summed E-state index contributed by atoms with van der Waals surface area (Å²) in [6.45, 7) is 2.00. The van der Waals surface area contributed by atoms with E-state index >= 15 is 0 Å². The predicted octanol–water partition coefficient (Wildman–Crippen LogP) is 12.1. The summed E-state index contributed by atoms with van der Waals surface area (Å²) in [6, 6.07) is 78.1. The van der Waals surface area contributed by atoms with Crippen LogP contribution in [0.15, 0.2) is 243 Å². The lowest BCUT2D eigenvalue weighted by atomic mass is 10.3. The number of carbonyl (C=O) groups excluding carboxylic acids is 1. The summed E-state index contributed by atoms with van der Waals surface area (Å²) >= 11 is 0. The van der Waals surface area contributed by atoms with Crippen molar-refractivity contribution in [2.45, 2.75) is 0 Å². The zero-order valence-corrected chi connectivity index (χ0v) is 30.8. The smallest absolute Gasteiger partial charge is 0.127 e. The Morgan fingerprint density at radius 2 is 0.286 bits per heavy atom. The lowest BCUT2D eigenvalue weighted by Gasteiger charge is -2.03. The second-order valence-electron chi connectivity index (χ2n) is 10.9. The van der Waals surface area contributed by atoms with E-state index in [1.165, 1.54) is 0 Å². The maximum atomic E-state index is 8.00. The maximum absolute atomic E-state index is 8.00. The van der Waals surface area contributed by atoms with Gasteiger partial charge in [-0.25, -0.2) is 0 Å². The van der Waals surface area contributed by atoms with Gasteiger partial charge in [-0.05, 0) is 97.1 Å². The SMILES string of the molecule is C=O.O.O.c1ccc(Oc2ccccc2)cc1.c1ccc(Oc2ccccc2)cc1.c1ccc(Oc2ccccc2)cc1.c1ccc(Oc2ccccc2)cc1. The van der Waals surface area contributed by atoms with Gasteiger partial charge in [0.1, 0.15) is 52.8 Å². The van der Waals surface area contributed by atoms with Crippen molar-refractivity contribution in [3.63, 3.8) is 0 Å². The molecule has 56 heavy (non-hydrogen) atoms. The fourth-order valence-corrected chi connectivity index (χ4v) is 4.45. The second kappa shape index (κ2) is 28.1. The normalized spacial score (nSPS) is 8.93. The summed E-state index contributed by atoms with van der Waals surface area (Å²) in [4.78, 5) is 8.00. The van der Waals surface area contributed by atoms with Crippen LogP contribution in [0.1, 0.15) is 0 Å². The average molecular weight is 747 g/mol. The fraction of sp³-hybridized carbons (Fsp3) is 0. The molecule has 0 aromatic heterocycles. The molecule has 0 saturated carbocycles. The molecule has 8 rings (SSSR count). The topological polar surface area (TPSA) is 117 Å². The molecule has 0 aliphatic heterocycles. The molecule has 7 heteroatoms. The molecule has 4 N–H and O–H groups in total. The molecule has 0 amide bonds. The summed E-state index contributed by atoms with van der Waals surface area (Å²) in [5, 5.41) is 0. The molecule has 0 radical (unpaired) electrons. The minimum Gasteiger partial charge on any atom is -0.457 e. The first-order chi connectivity index (χ1) is 26.8. The fourth-order valence-electron chi connectivity index (χ4n) is 4.45. The molecule has 284 valence electrons. The standard InChI is InChI=1S/4C12H10O.CH2O.2H2O/c4*1-3-7-11(8-4-1)13-12-9-5-2-6-10-12;1-2;;/h4*1-10H;1H2;2*1H2. The third-order valence-corrected chi connectivity index (χ3v) is 6.89. The van der Waals surface area contributed by atoms with Crippen LogP contribution < -0.4 is 18.9 Å². The van der Waals surface area contributed by atoms with E-state index in [0.29, 0.717) is 0 Å². The van der Waals surface area contributed by atoms with Crippen molar-refractivity contribution in [2.75, 3.05) is 0 Å². The maximum Gasteiger partial charge on any atom is 0.127 e. The van der Waals surface area contributed by atoms with Crippen molar-refractivity contribution >= 4 is 6.79 Å². The summed E-state index contributed by atoms with van der Waals surface area (Å²) in [5.74, 6) is 6.95. The van der Waals surface area contributed by atoms with E-state index in [1.54, 1.807) is 0 Å². The highest BCUT2D eigenvalue weighted by Crippen LogP contribution is 2.22. The van der Waals surface area contributed by atoms with E-state index in [1.807, 2.05) is 249 Å². The highest BCUT2D eigenvalue weighted by molar-refractivity contribution is 5.33. The summed E-state index contributed by atoms with van der Waals surface area (Å²) in [5.41, 5.74) is 0. The number of carbonyl (C=O) groups is 1. The predicted molar refractivity (Wildman–Crippen MR) is 226 cm³/mol. The van der Waals surface area contributed by atoms with Gasteiger partial charge in [0.2, 0.25) is 0 Å². The number of para-hydroxylation sites is 8. The Bertz CT molecular complexity index is 1600. The van der Waals surface area contributed by atoms with Crippen LogP contribution in [0.5, 0.6) is 46.0 Å². The average Bonchev–Trinajstić information content (AvgIpc) is 3.25. The highest BCUT2D eigenvalue weighted by Gasteiger charge is 1.95. The van der Waals surface area contributed by atoms with Crippen LogP contribution in [0.2, 0.25) is 0 Å². The monoisotopic (exact) mass is 746 g/mol. The van der Waals surface area contributed by atoms with Crippen LogP contribution in [0.3, 0.4) is 0 Å². The largest absolute Gasteiger partial charge is 0.457 e. The zero-order valence-electron chi connectivity index (χ0n) is 30.8. The van der Waals surface area contributed by atoms with Gasteiger partial charge >= 0.3 is 0 Å².